The van der Waals surface area contributed by atoms with Gasteiger partial charge in [-0.2, -0.15) is 10.6 Å². The number of hydrogen-bond acceptors (Lipinski definition) is 6. The SMILES string of the molecule is COc1ccc2c(COc3cccc(C[S-](=N)=O)c3)ccnc2c1. The number of methoxy groups -OCH3 is 1. The van der Waals surface area contributed by atoms with E-state index in [2.05, 4.69) is 4.98 Å². The second-order valence-electron chi connectivity index (χ2n) is 5.28. The molecule has 124 valence electrons. The molecule has 1 N–H and O–H groups in total. The van der Waals surface area contributed by atoms with Crippen LogP contribution in [0.5, 0.6) is 11.5 Å². The molecule has 0 saturated carbocycles. The third-order valence-corrected chi connectivity index (χ3v) is 4.23. The molecule has 6 heteroatoms. The zero-order valence-corrected chi connectivity index (χ0v) is 14.0. The van der Waals surface area contributed by atoms with Crippen molar-refractivity contribution in [2.75, 3.05) is 7.11 Å². The summed E-state index contributed by atoms with van der Waals surface area (Å²) in [5, 5.41) is 1.02. The second-order valence-corrected chi connectivity index (χ2v) is 6.26. The van der Waals surface area contributed by atoms with Gasteiger partial charge in [0.2, 0.25) is 0 Å². The molecule has 24 heavy (non-hydrogen) atoms. The molecule has 0 atom stereocenters. The summed E-state index contributed by atoms with van der Waals surface area (Å²) in [4.78, 5) is 4.36. The number of fused-ring (bicyclic) bond motifs is 1. The lowest BCUT2D eigenvalue weighted by atomic mass is 10.1. The van der Waals surface area contributed by atoms with Crippen LogP contribution in [-0.2, 0) is 27.2 Å². The van der Waals surface area contributed by atoms with Gasteiger partial charge >= 0.3 is 0 Å². The van der Waals surface area contributed by atoms with Crippen LogP contribution in [0.15, 0.2) is 54.7 Å². The minimum absolute atomic E-state index is 0.204. The molecule has 5 nitrogen and oxygen atoms in total. The van der Waals surface area contributed by atoms with Gasteiger partial charge < -0.3 is 18.5 Å². The molecular formula is C18H17N2O3S-. The molecule has 0 amide bonds. The fourth-order valence-electron chi connectivity index (χ4n) is 2.48. The molecule has 0 saturated heterocycles. The molecule has 1 heterocycles. The highest BCUT2D eigenvalue weighted by Crippen LogP contribution is 2.23. The van der Waals surface area contributed by atoms with E-state index in [4.69, 9.17) is 14.3 Å². The smallest absolute Gasteiger partial charge is 0.121 e. The van der Waals surface area contributed by atoms with Gasteiger partial charge in [-0.1, -0.05) is 23.4 Å². The highest BCUT2D eigenvalue weighted by molar-refractivity contribution is 7.72. The molecule has 0 bridgehead atoms. The van der Waals surface area contributed by atoms with Crippen molar-refractivity contribution in [3.63, 3.8) is 0 Å². The maximum atomic E-state index is 11.0. The molecule has 0 spiro atoms. The summed E-state index contributed by atoms with van der Waals surface area (Å²) < 4.78 is 29.3. The fourth-order valence-corrected chi connectivity index (χ4v) is 2.96. The fraction of sp³-hybridized carbons (Fsp3) is 0.167. The Morgan fingerprint density at radius 2 is 2.00 bits per heavy atom. The summed E-state index contributed by atoms with van der Waals surface area (Å²) in [6.45, 7) is 0.402. The Balaban J connectivity index is 1.81. The van der Waals surface area contributed by atoms with Gasteiger partial charge in [-0.3, -0.25) is 4.98 Å². The van der Waals surface area contributed by atoms with E-state index in [-0.39, 0.29) is 5.75 Å². The van der Waals surface area contributed by atoms with Crippen molar-refractivity contribution in [2.45, 2.75) is 12.4 Å². The highest BCUT2D eigenvalue weighted by Gasteiger charge is 2.05. The largest absolute Gasteiger partial charge is 0.497 e. The lowest BCUT2D eigenvalue weighted by Gasteiger charge is -2.11. The normalized spacial score (nSPS) is 10.9. The van der Waals surface area contributed by atoms with E-state index in [1.807, 2.05) is 48.5 Å². The van der Waals surface area contributed by atoms with E-state index >= 15 is 0 Å². The first kappa shape index (κ1) is 16.3. The Morgan fingerprint density at radius 3 is 2.79 bits per heavy atom. The highest BCUT2D eigenvalue weighted by atomic mass is 32.2. The minimum Gasteiger partial charge on any atom is -0.497 e. The van der Waals surface area contributed by atoms with Gasteiger partial charge in [0, 0.05) is 23.2 Å². The summed E-state index contributed by atoms with van der Waals surface area (Å²) in [6.07, 6.45) is 1.75. The number of pyridine rings is 1. The van der Waals surface area contributed by atoms with Crippen molar-refractivity contribution in [1.82, 2.24) is 4.98 Å². The summed E-state index contributed by atoms with van der Waals surface area (Å²) in [6, 6.07) is 15.0. The molecule has 0 aliphatic carbocycles. The van der Waals surface area contributed by atoms with Crippen molar-refractivity contribution >= 4 is 21.5 Å². The Morgan fingerprint density at radius 1 is 1.12 bits per heavy atom. The summed E-state index contributed by atoms with van der Waals surface area (Å²) in [5.74, 6) is 1.66. The number of nitrogens with zero attached hydrogens (tertiary/aromatic N) is 1. The van der Waals surface area contributed by atoms with Crippen molar-refractivity contribution in [3.05, 3.63) is 65.9 Å². The average molecular weight is 341 g/mol. The predicted octanol–water partition coefficient (Wildman–Crippen LogP) is 4.05. The molecule has 0 aliphatic heterocycles. The van der Waals surface area contributed by atoms with Gasteiger partial charge in [0.1, 0.15) is 18.1 Å². The van der Waals surface area contributed by atoms with Crippen LogP contribution in [0.25, 0.3) is 10.9 Å². The van der Waals surface area contributed by atoms with Crippen LogP contribution in [-0.4, -0.2) is 12.1 Å². The van der Waals surface area contributed by atoms with Gasteiger partial charge in [0.25, 0.3) is 0 Å². The molecule has 0 aliphatic rings. The maximum absolute atomic E-state index is 11.0. The zero-order valence-electron chi connectivity index (χ0n) is 13.2. The van der Waals surface area contributed by atoms with Crippen LogP contribution < -0.4 is 9.47 Å². The van der Waals surface area contributed by atoms with E-state index in [1.165, 1.54) is 0 Å². The van der Waals surface area contributed by atoms with E-state index in [0.717, 1.165) is 27.8 Å². The summed E-state index contributed by atoms with van der Waals surface area (Å²) in [5.41, 5.74) is 2.70. The zero-order chi connectivity index (χ0) is 16.9. The Hall–Kier alpha value is -2.60. The Bertz CT molecular complexity index is 930. The van der Waals surface area contributed by atoms with Crippen LogP contribution in [0.1, 0.15) is 11.1 Å². The van der Waals surface area contributed by atoms with Gasteiger partial charge in [0.05, 0.1) is 12.6 Å². The van der Waals surface area contributed by atoms with Gasteiger partial charge in [0.15, 0.2) is 0 Å². The summed E-state index contributed by atoms with van der Waals surface area (Å²) in [7, 11) is 0.0177. The lowest BCUT2D eigenvalue weighted by molar-refractivity contribution is 0.307. The van der Waals surface area contributed by atoms with Crippen molar-refractivity contribution < 1.29 is 13.7 Å². The molecule has 3 aromatic rings. The first-order valence-electron chi connectivity index (χ1n) is 7.38. The molecule has 0 unspecified atom stereocenters. The molecule has 0 radical (unpaired) electrons. The summed E-state index contributed by atoms with van der Waals surface area (Å²) >= 11 is 0. The lowest BCUT2D eigenvalue weighted by Crippen LogP contribution is -1.98. The quantitative estimate of drug-likeness (QED) is 0.687. The van der Waals surface area contributed by atoms with E-state index < -0.39 is 10.6 Å². The third kappa shape index (κ3) is 3.83. The minimum atomic E-state index is -1.61. The predicted molar refractivity (Wildman–Crippen MR) is 93.5 cm³/mol. The Labute approximate surface area is 142 Å². The molecule has 1 aromatic heterocycles. The molecule has 3 rings (SSSR count). The average Bonchev–Trinajstić information content (AvgIpc) is 2.59. The topological polar surface area (TPSA) is 72.3 Å². The van der Waals surface area contributed by atoms with Crippen molar-refractivity contribution in [1.29, 1.82) is 4.78 Å². The van der Waals surface area contributed by atoms with E-state index in [0.29, 0.717) is 12.4 Å². The van der Waals surface area contributed by atoms with Gasteiger partial charge in [-0.15, -0.1) is 0 Å². The molecule has 2 aromatic carbocycles. The Kier molecular flexibility index (Phi) is 4.96. The number of hydrogen-bond donors (Lipinski definition) is 1. The molecular weight excluding hydrogens is 324 g/mol. The van der Waals surface area contributed by atoms with E-state index in [9.17, 15) is 4.21 Å². The first-order chi connectivity index (χ1) is 11.7. The molecule has 0 fully saturated rings. The number of rotatable bonds is 6. The van der Waals surface area contributed by atoms with Crippen molar-refractivity contribution in [2.24, 2.45) is 0 Å². The van der Waals surface area contributed by atoms with Crippen LogP contribution >= 0.6 is 0 Å². The van der Waals surface area contributed by atoms with Crippen LogP contribution in [0.4, 0.5) is 0 Å². The van der Waals surface area contributed by atoms with Gasteiger partial charge in [-0.25, -0.2) is 0 Å². The van der Waals surface area contributed by atoms with Crippen LogP contribution in [0, 0.1) is 4.78 Å². The number of ether oxygens (including phenoxy) is 2. The third-order valence-electron chi connectivity index (χ3n) is 3.63. The second kappa shape index (κ2) is 7.31. The van der Waals surface area contributed by atoms with E-state index in [1.54, 1.807) is 13.3 Å². The number of nitrogens with one attached hydrogen (secondary N) is 1. The van der Waals surface area contributed by atoms with Crippen LogP contribution in [0.2, 0.25) is 0 Å². The van der Waals surface area contributed by atoms with Crippen molar-refractivity contribution in [3.8, 4) is 11.5 Å². The van der Waals surface area contributed by atoms with Crippen LogP contribution in [0.3, 0.4) is 0 Å². The standard InChI is InChI=1S/C18H17N2O3S/c1-22-15-5-6-17-14(7-8-20-18(17)10-15)11-23-16-4-2-3-13(9-16)12-24(19)21/h2-10,19H,11-12H2,1H3/q-1. The monoisotopic (exact) mass is 341 g/mol. The number of aromatic nitrogens is 1. The maximum Gasteiger partial charge on any atom is 0.121 e. The van der Waals surface area contributed by atoms with Gasteiger partial charge in [-0.05, 0) is 30.3 Å². The number of benzene rings is 2. The first-order valence-corrected chi connectivity index (χ1v) is 8.70.